The highest BCUT2D eigenvalue weighted by Crippen LogP contribution is 2.28. The summed E-state index contributed by atoms with van der Waals surface area (Å²) < 4.78 is 10.4. The Bertz CT molecular complexity index is 1580. The minimum absolute atomic E-state index is 0.00803. The number of ether oxygens (including phenoxy) is 2. The van der Waals surface area contributed by atoms with Crippen molar-refractivity contribution in [2.45, 2.75) is 97.1 Å². The zero-order valence-electron chi connectivity index (χ0n) is 29.1. The molecule has 2 aromatic carbocycles. The molecular weight excluding hydrogens is 618 g/mol. The van der Waals surface area contributed by atoms with Crippen molar-refractivity contribution in [1.29, 1.82) is 0 Å². The van der Waals surface area contributed by atoms with Gasteiger partial charge in [0.25, 0.3) is 0 Å². The standard InChI is InChI=1S/C34H47N7O7/c1-20(40(8)32(46)48-34(5,6)7)28(42)37-27(33(2,3)4)30(44)41-19-24(38-39-35)18-26(41)29(43)36-25(31(45)47-9)17-21-14-15-22-12-10-11-13-23(22)16-21/h10-16,20,24-27H,17-19H2,1-9H3,(H,36,43)(H,37,42)/t20-,24-,25-,26-,27+/m0/s1. The van der Waals surface area contributed by atoms with Crippen molar-refractivity contribution < 1.29 is 33.4 Å². The van der Waals surface area contributed by atoms with E-state index in [0.717, 1.165) is 21.2 Å². The van der Waals surface area contributed by atoms with Crippen LogP contribution in [0.2, 0.25) is 0 Å². The highest BCUT2D eigenvalue weighted by atomic mass is 16.6. The van der Waals surface area contributed by atoms with Crippen LogP contribution >= 0.6 is 0 Å². The molecule has 0 spiro atoms. The van der Waals surface area contributed by atoms with E-state index >= 15 is 0 Å². The second-order valence-corrected chi connectivity index (χ2v) is 14.1. The number of hydrogen-bond acceptors (Lipinski definition) is 8. The van der Waals surface area contributed by atoms with Crippen LogP contribution in [-0.2, 0) is 35.1 Å². The Balaban J connectivity index is 1.85. The van der Waals surface area contributed by atoms with E-state index in [-0.39, 0.29) is 19.4 Å². The van der Waals surface area contributed by atoms with E-state index in [1.54, 1.807) is 41.5 Å². The Kier molecular flexibility index (Phi) is 12.0. The number of amides is 4. The molecule has 0 aliphatic carbocycles. The van der Waals surface area contributed by atoms with Gasteiger partial charge in [-0.25, -0.2) is 9.59 Å². The van der Waals surface area contributed by atoms with Crippen LogP contribution in [0.25, 0.3) is 21.2 Å². The summed E-state index contributed by atoms with van der Waals surface area (Å²) in [5.41, 5.74) is 8.32. The van der Waals surface area contributed by atoms with Gasteiger partial charge in [-0.05, 0) is 61.4 Å². The number of nitrogens with one attached hydrogen (secondary N) is 2. The molecule has 1 saturated heterocycles. The van der Waals surface area contributed by atoms with Gasteiger partial charge in [-0.2, -0.15) is 0 Å². The molecule has 1 heterocycles. The molecule has 260 valence electrons. The molecule has 2 aromatic rings. The third-order valence-corrected chi connectivity index (χ3v) is 8.18. The predicted molar refractivity (Wildman–Crippen MR) is 179 cm³/mol. The van der Waals surface area contributed by atoms with Gasteiger partial charge in [-0.15, -0.1) is 0 Å². The monoisotopic (exact) mass is 665 g/mol. The number of hydrogen-bond donors (Lipinski definition) is 2. The van der Waals surface area contributed by atoms with Gasteiger partial charge >= 0.3 is 12.1 Å². The lowest BCUT2D eigenvalue weighted by atomic mass is 9.85. The van der Waals surface area contributed by atoms with Crippen molar-refractivity contribution in [2.75, 3.05) is 20.7 Å². The summed E-state index contributed by atoms with van der Waals surface area (Å²) in [4.78, 5) is 72.2. The van der Waals surface area contributed by atoms with Crippen LogP contribution in [0.3, 0.4) is 0 Å². The van der Waals surface area contributed by atoms with Crippen LogP contribution in [0.4, 0.5) is 4.79 Å². The Morgan fingerprint density at radius 3 is 2.27 bits per heavy atom. The molecule has 2 N–H and O–H groups in total. The zero-order valence-corrected chi connectivity index (χ0v) is 29.1. The molecule has 0 unspecified atom stereocenters. The Morgan fingerprint density at radius 2 is 1.69 bits per heavy atom. The minimum atomic E-state index is -1.13. The van der Waals surface area contributed by atoms with Crippen LogP contribution < -0.4 is 10.6 Å². The van der Waals surface area contributed by atoms with E-state index in [0.29, 0.717) is 0 Å². The fourth-order valence-corrected chi connectivity index (χ4v) is 5.41. The second-order valence-electron chi connectivity index (χ2n) is 14.1. The lowest BCUT2D eigenvalue weighted by Crippen LogP contribution is -2.60. The van der Waals surface area contributed by atoms with Gasteiger partial charge in [0.05, 0.1) is 13.2 Å². The lowest BCUT2D eigenvalue weighted by Gasteiger charge is -2.37. The smallest absolute Gasteiger partial charge is 0.410 e. The number of nitrogens with zero attached hydrogens (tertiary/aromatic N) is 5. The van der Waals surface area contributed by atoms with Crippen molar-refractivity contribution in [3.63, 3.8) is 0 Å². The van der Waals surface area contributed by atoms with Crippen molar-refractivity contribution in [2.24, 2.45) is 10.5 Å². The van der Waals surface area contributed by atoms with E-state index in [1.807, 2.05) is 42.5 Å². The van der Waals surface area contributed by atoms with Crippen LogP contribution in [0, 0.1) is 5.41 Å². The molecule has 5 atom stereocenters. The highest BCUT2D eigenvalue weighted by molar-refractivity contribution is 5.95. The number of esters is 1. The van der Waals surface area contributed by atoms with E-state index in [1.165, 1.54) is 26.0 Å². The largest absolute Gasteiger partial charge is 0.467 e. The van der Waals surface area contributed by atoms with Gasteiger partial charge in [0.15, 0.2) is 0 Å². The van der Waals surface area contributed by atoms with Crippen molar-refractivity contribution in [3.8, 4) is 0 Å². The maximum Gasteiger partial charge on any atom is 0.410 e. The number of rotatable bonds is 10. The summed E-state index contributed by atoms with van der Waals surface area (Å²) in [6.45, 7) is 11.8. The second kappa shape index (κ2) is 15.4. The van der Waals surface area contributed by atoms with Crippen molar-refractivity contribution in [3.05, 3.63) is 58.5 Å². The third-order valence-electron chi connectivity index (χ3n) is 8.18. The average Bonchev–Trinajstić information content (AvgIpc) is 3.44. The SMILES string of the molecule is COC(=O)[C@H](Cc1ccc2ccccc2c1)NC(=O)[C@@H]1C[C@H](N=[N+]=[N-])CN1C(=O)[C@@H](NC(=O)[C@H](C)N(C)C(=O)OC(C)(C)C)C(C)(C)C. The van der Waals surface area contributed by atoms with E-state index in [4.69, 9.17) is 15.0 Å². The van der Waals surface area contributed by atoms with Crippen LogP contribution in [-0.4, -0.2) is 96.1 Å². The fourth-order valence-electron chi connectivity index (χ4n) is 5.41. The van der Waals surface area contributed by atoms with Gasteiger partial charge in [0.1, 0.15) is 29.8 Å². The normalized spacial score (nSPS) is 18.1. The van der Waals surface area contributed by atoms with Crippen LogP contribution in [0.5, 0.6) is 0 Å². The van der Waals surface area contributed by atoms with Gasteiger partial charge in [0, 0.05) is 24.9 Å². The predicted octanol–water partition coefficient (Wildman–Crippen LogP) is 4.11. The lowest BCUT2D eigenvalue weighted by molar-refractivity contribution is -0.147. The Labute approximate surface area is 281 Å². The summed E-state index contributed by atoms with van der Waals surface area (Å²) in [5.74, 6) is -2.48. The number of likely N-dealkylation sites (N-methyl/N-ethyl adjacent to an activating group) is 1. The summed E-state index contributed by atoms with van der Waals surface area (Å²) >= 11 is 0. The van der Waals surface area contributed by atoms with E-state index in [2.05, 4.69) is 20.7 Å². The van der Waals surface area contributed by atoms with Gasteiger partial charge in [-0.3, -0.25) is 19.3 Å². The summed E-state index contributed by atoms with van der Waals surface area (Å²) in [7, 11) is 2.65. The molecule has 0 aromatic heterocycles. The molecule has 0 radical (unpaired) electrons. The molecule has 4 amide bonds. The van der Waals surface area contributed by atoms with Crippen molar-refractivity contribution >= 4 is 40.6 Å². The molecule has 3 rings (SSSR count). The molecule has 14 nitrogen and oxygen atoms in total. The fraction of sp³-hybridized carbons (Fsp3) is 0.559. The summed E-state index contributed by atoms with van der Waals surface area (Å²) in [6.07, 6.45) is -0.567. The first-order chi connectivity index (χ1) is 22.4. The molecule has 48 heavy (non-hydrogen) atoms. The van der Waals surface area contributed by atoms with E-state index in [9.17, 15) is 24.0 Å². The third kappa shape index (κ3) is 9.60. The Hall–Kier alpha value is -4.84. The van der Waals surface area contributed by atoms with Gasteiger partial charge in [0.2, 0.25) is 17.7 Å². The molecule has 14 heteroatoms. The molecule has 1 fully saturated rings. The summed E-state index contributed by atoms with van der Waals surface area (Å²) in [6, 6.07) is 8.44. The van der Waals surface area contributed by atoms with Gasteiger partial charge < -0.3 is 25.0 Å². The maximum atomic E-state index is 14.2. The first-order valence-corrected chi connectivity index (χ1v) is 15.8. The minimum Gasteiger partial charge on any atom is -0.467 e. The average molecular weight is 666 g/mol. The van der Waals surface area contributed by atoms with E-state index < -0.39 is 71.0 Å². The number of benzene rings is 2. The molecule has 0 bridgehead atoms. The van der Waals surface area contributed by atoms with Gasteiger partial charge in [-0.1, -0.05) is 68.4 Å². The molecule has 1 aliphatic heterocycles. The Morgan fingerprint density at radius 1 is 1.04 bits per heavy atom. The molecule has 1 aliphatic rings. The quantitative estimate of drug-likeness (QED) is 0.166. The molecular formula is C34H47N7O7. The number of azide groups is 1. The first kappa shape index (κ1) is 37.6. The number of carbonyl (C=O) groups is 5. The number of fused-ring (bicyclic) bond motifs is 1. The van der Waals surface area contributed by atoms with Crippen LogP contribution in [0.15, 0.2) is 47.6 Å². The number of carbonyl (C=O) groups excluding carboxylic acids is 5. The zero-order chi connectivity index (χ0) is 36.0. The highest BCUT2D eigenvalue weighted by Gasteiger charge is 2.46. The van der Waals surface area contributed by atoms with Crippen LogP contribution in [0.1, 0.15) is 60.5 Å². The maximum absolute atomic E-state index is 14.2. The number of methoxy groups -OCH3 is 1. The first-order valence-electron chi connectivity index (χ1n) is 15.8. The van der Waals surface area contributed by atoms with Crippen molar-refractivity contribution in [1.82, 2.24) is 20.4 Å². The topological polar surface area (TPSA) is 183 Å². The summed E-state index contributed by atoms with van der Waals surface area (Å²) in [5, 5.41) is 11.3. The molecule has 0 saturated carbocycles. The number of likely N-dealkylation sites (tertiary alicyclic amines) is 1.